The molecule has 2 aromatic rings. The molecule has 0 N–H and O–H groups in total. The fourth-order valence-electron chi connectivity index (χ4n) is 2.16. The van der Waals surface area contributed by atoms with Crippen LogP contribution in [-0.4, -0.2) is 10.4 Å². The van der Waals surface area contributed by atoms with Crippen molar-refractivity contribution >= 4 is 22.8 Å². The number of nitrogens with zero attached hydrogens (tertiary/aromatic N) is 1. The number of hydrogen-bond acceptors (Lipinski definition) is 1. The molecular weight excluding hydrogens is 222 g/mol. The molecule has 1 aromatic heterocycles. The Balaban J connectivity index is 2.27. The zero-order chi connectivity index (χ0) is 13.1. The van der Waals surface area contributed by atoms with Crippen LogP contribution in [0.15, 0.2) is 36.5 Å². The van der Waals surface area contributed by atoms with Crippen molar-refractivity contribution in [2.75, 3.05) is 0 Å². The fraction of sp³-hybridized carbons (Fsp3) is 0.312. The van der Waals surface area contributed by atoms with Crippen molar-refractivity contribution < 1.29 is 4.79 Å². The average Bonchev–Trinajstić information content (AvgIpc) is 2.64. The zero-order valence-electron chi connectivity index (χ0n) is 11.2. The molecule has 0 aliphatic carbocycles. The van der Waals surface area contributed by atoms with Gasteiger partial charge in [-0.2, -0.15) is 0 Å². The Hall–Kier alpha value is -1.83. The SMILES string of the molecule is CC(C)CC(=O)/C=C/c1cn(C)c2ccccc12. The van der Waals surface area contributed by atoms with E-state index < -0.39 is 0 Å². The van der Waals surface area contributed by atoms with E-state index in [1.807, 2.05) is 25.3 Å². The predicted molar refractivity (Wildman–Crippen MR) is 76.4 cm³/mol. The molecule has 2 heteroatoms. The Labute approximate surface area is 108 Å². The first-order valence-corrected chi connectivity index (χ1v) is 6.33. The molecule has 0 amide bonds. The van der Waals surface area contributed by atoms with Gasteiger partial charge in [0.1, 0.15) is 0 Å². The first-order chi connectivity index (χ1) is 8.58. The van der Waals surface area contributed by atoms with Crippen LogP contribution in [0.25, 0.3) is 17.0 Å². The van der Waals surface area contributed by atoms with Gasteiger partial charge in [-0.1, -0.05) is 32.0 Å². The molecule has 1 aromatic carbocycles. The highest BCUT2D eigenvalue weighted by Crippen LogP contribution is 2.21. The van der Waals surface area contributed by atoms with E-state index in [9.17, 15) is 4.79 Å². The zero-order valence-corrected chi connectivity index (χ0v) is 11.2. The second kappa shape index (κ2) is 5.21. The maximum atomic E-state index is 11.7. The number of carbonyl (C=O) groups is 1. The van der Waals surface area contributed by atoms with Crippen LogP contribution in [0.1, 0.15) is 25.8 Å². The van der Waals surface area contributed by atoms with Crippen LogP contribution in [0.3, 0.4) is 0 Å². The van der Waals surface area contributed by atoms with Crippen molar-refractivity contribution in [3.63, 3.8) is 0 Å². The van der Waals surface area contributed by atoms with Crippen molar-refractivity contribution in [2.24, 2.45) is 13.0 Å². The summed E-state index contributed by atoms with van der Waals surface area (Å²) in [6, 6.07) is 8.22. The maximum absolute atomic E-state index is 11.7. The van der Waals surface area contributed by atoms with Crippen molar-refractivity contribution in [3.8, 4) is 0 Å². The quantitative estimate of drug-likeness (QED) is 0.746. The highest BCUT2D eigenvalue weighted by Gasteiger charge is 2.04. The number of aryl methyl sites for hydroxylation is 1. The minimum Gasteiger partial charge on any atom is -0.350 e. The van der Waals surface area contributed by atoms with Gasteiger partial charge < -0.3 is 4.57 Å². The molecule has 0 atom stereocenters. The van der Waals surface area contributed by atoms with Crippen LogP contribution in [0, 0.1) is 5.92 Å². The summed E-state index contributed by atoms with van der Waals surface area (Å²) in [7, 11) is 2.02. The van der Waals surface area contributed by atoms with Crippen molar-refractivity contribution in [1.82, 2.24) is 4.57 Å². The first-order valence-electron chi connectivity index (χ1n) is 6.33. The third-order valence-electron chi connectivity index (χ3n) is 2.99. The van der Waals surface area contributed by atoms with E-state index in [0.717, 1.165) is 5.56 Å². The summed E-state index contributed by atoms with van der Waals surface area (Å²) in [5.41, 5.74) is 2.29. The molecule has 0 aliphatic rings. The summed E-state index contributed by atoms with van der Waals surface area (Å²) in [6.45, 7) is 4.12. The summed E-state index contributed by atoms with van der Waals surface area (Å²) in [4.78, 5) is 11.7. The number of rotatable bonds is 4. The summed E-state index contributed by atoms with van der Waals surface area (Å²) in [5.74, 6) is 0.604. The number of aromatic nitrogens is 1. The summed E-state index contributed by atoms with van der Waals surface area (Å²) < 4.78 is 2.09. The van der Waals surface area contributed by atoms with Gasteiger partial charge in [0.15, 0.2) is 5.78 Å². The third kappa shape index (κ3) is 2.70. The van der Waals surface area contributed by atoms with Gasteiger partial charge in [0, 0.05) is 36.1 Å². The van der Waals surface area contributed by atoms with Crippen LogP contribution in [-0.2, 0) is 11.8 Å². The molecule has 18 heavy (non-hydrogen) atoms. The van der Waals surface area contributed by atoms with Gasteiger partial charge in [0.05, 0.1) is 0 Å². The van der Waals surface area contributed by atoms with Gasteiger partial charge in [-0.15, -0.1) is 0 Å². The first kappa shape index (κ1) is 12.6. The van der Waals surface area contributed by atoms with Gasteiger partial charge in [0.25, 0.3) is 0 Å². The van der Waals surface area contributed by atoms with Crippen LogP contribution < -0.4 is 0 Å². The van der Waals surface area contributed by atoms with E-state index in [-0.39, 0.29) is 5.78 Å². The number of allylic oxidation sites excluding steroid dienone is 1. The largest absolute Gasteiger partial charge is 0.350 e. The van der Waals surface area contributed by atoms with Crippen molar-refractivity contribution in [1.29, 1.82) is 0 Å². The second-order valence-electron chi connectivity index (χ2n) is 5.11. The molecule has 2 nitrogen and oxygen atoms in total. The average molecular weight is 241 g/mol. The molecule has 0 fully saturated rings. The molecule has 0 unspecified atom stereocenters. The van der Waals surface area contributed by atoms with Crippen molar-refractivity contribution in [3.05, 3.63) is 42.1 Å². The van der Waals surface area contributed by atoms with Gasteiger partial charge in [-0.3, -0.25) is 4.79 Å². The molecule has 2 rings (SSSR count). The fourth-order valence-corrected chi connectivity index (χ4v) is 2.16. The lowest BCUT2D eigenvalue weighted by Gasteiger charge is -1.98. The number of carbonyl (C=O) groups excluding carboxylic acids is 1. The normalized spacial score (nSPS) is 11.8. The van der Waals surface area contributed by atoms with Crippen LogP contribution in [0.2, 0.25) is 0 Å². The van der Waals surface area contributed by atoms with Crippen LogP contribution in [0.5, 0.6) is 0 Å². The van der Waals surface area contributed by atoms with Gasteiger partial charge in [-0.05, 0) is 24.1 Å². The molecule has 0 spiro atoms. The smallest absolute Gasteiger partial charge is 0.155 e. The summed E-state index contributed by atoms with van der Waals surface area (Å²) in [5, 5.41) is 1.19. The topological polar surface area (TPSA) is 22.0 Å². The van der Waals surface area contributed by atoms with Crippen LogP contribution >= 0.6 is 0 Å². The monoisotopic (exact) mass is 241 g/mol. The third-order valence-corrected chi connectivity index (χ3v) is 2.99. The Kier molecular flexibility index (Phi) is 3.66. The van der Waals surface area contributed by atoms with E-state index in [4.69, 9.17) is 0 Å². The number of benzene rings is 1. The number of fused-ring (bicyclic) bond motifs is 1. The molecular formula is C16H19NO. The lowest BCUT2D eigenvalue weighted by atomic mass is 10.1. The van der Waals surface area contributed by atoms with E-state index in [1.165, 1.54) is 10.9 Å². The van der Waals surface area contributed by atoms with E-state index in [2.05, 4.69) is 36.7 Å². The Morgan fingerprint density at radius 1 is 1.33 bits per heavy atom. The molecule has 94 valence electrons. The van der Waals surface area contributed by atoms with E-state index in [0.29, 0.717) is 12.3 Å². The number of hydrogen-bond donors (Lipinski definition) is 0. The summed E-state index contributed by atoms with van der Waals surface area (Å²) in [6.07, 6.45) is 6.29. The standard InChI is InChI=1S/C16H19NO/c1-12(2)10-14(18)9-8-13-11-17(3)16-7-5-4-6-15(13)16/h4-9,11-12H,10H2,1-3H3/b9-8+. The molecule has 0 aliphatic heterocycles. The maximum Gasteiger partial charge on any atom is 0.155 e. The van der Waals surface area contributed by atoms with E-state index in [1.54, 1.807) is 6.08 Å². The molecule has 0 radical (unpaired) electrons. The molecule has 0 saturated heterocycles. The lowest BCUT2D eigenvalue weighted by molar-refractivity contribution is -0.115. The van der Waals surface area contributed by atoms with E-state index >= 15 is 0 Å². The lowest BCUT2D eigenvalue weighted by Crippen LogP contribution is -1.98. The Bertz CT molecular complexity index is 590. The van der Waals surface area contributed by atoms with Crippen LogP contribution in [0.4, 0.5) is 0 Å². The number of ketones is 1. The van der Waals surface area contributed by atoms with Gasteiger partial charge >= 0.3 is 0 Å². The highest BCUT2D eigenvalue weighted by molar-refractivity contribution is 5.97. The van der Waals surface area contributed by atoms with Crippen molar-refractivity contribution in [2.45, 2.75) is 20.3 Å². The van der Waals surface area contributed by atoms with Gasteiger partial charge in [0.2, 0.25) is 0 Å². The summed E-state index contributed by atoms with van der Waals surface area (Å²) >= 11 is 0. The molecule has 0 bridgehead atoms. The Morgan fingerprint density at radius 2 is 2.06 bits per heavy atom. The number of para-hydroxylation sites is 1. The molecule has 1 heterocycles. The highest BCUT2D eigenvalue weighted by atomic mass is 16.1. The minimum atomic E-state index is 0.193. The minimum absolute atomic E-state index is 0.193. The Morgan fingerprint density at radius 3 is 2.78 bits per heavy atom. The molecule has 0 saturated carbocycles. The second-order valence-corrected chi connectivity index (χ2v) is 5.11. The van der Waals surface area contributed by atoms with Gasteiger partial charge in [-0.25, -0.2) is 0 Å². The predicted octanol–water partition coefficient (Wildman–Crippen LogP) is 3.81.